The minimum Gasteiger partial charge on any atom is -0.480 e. The Hall–Kier alpha value is -2.85. The fraction of sp³-hybridized carbons (Fsp3) is 0.435. The largest absolute Gasteiger partial charge is 0.480 e. The molecule has 1 aromatic heterocycles. The van der Waals surface area contributed by atoms with Crippen LogP contribution in [0.2, 0.25) is 0 Å². The highest BCUT2D eigenvalue weighted by Gasteiger charge is 2.41. The van der Waals surface area contributed by atoms with Crippen molar-refractivity contribution in [3.8, 4) is 0 Å². The molecule has 2 aliphatic rings. The Morgan fingerprint density at radius 2 is 2.03 bits per heavy atom. The minimum absolute atomic E-state index is 0.0229. The van der Waals surface area contributed by atoms with Crippen LogP contribution in [0.1, 0.15) is 43.5 Å². The van der Waals surface area contributed by atoms with Crippen LogP contribution in [0, 0.1) is 11.7 Å². The van der Waals surface area contributed by atoms with Gasteiger partial charge in [0.2, 0.25) is 0 Å². The van der Waals surface area contributed by atoms with Gasteiger partial charge in [-0.1, -0.05) is 35.2 Å². The number of aliphatic carboxylic acids is 1. The van der Waals surface area contributed by atoms with Crippen LogP contribution >= 0.6 is 11.8 Å². The lowest BCUT2D eigenvalue weighted by atomic mass is 9.93. The molecule has 1 saturated heterocycles. The summed E-state index contributed by atoms with van der Waals surface area (Å²) in [6, 6.07) is 5.67. The Morgan fingerprint density at radius 1 is 1.27 bits per heavy atom. The zero-order valence-electron chi connectivity index (χ0n) is 18.2. The Morgan fingerprint density at radius 3 is 2.70 bits per heavy atom. The number of hydrogen-bond acceptors (Lipinski definition) is 7. The SMILES string of the molecule is CC(=O)SC1CCN(C(C(=O)C2CC2)c2ccccc2F)C/C1=C/c1cnnn1CC(=O)O. The zero-order valence-corrected chi connectivity index (χ0v) is 19.0. The number of piperidine rings is 1. The number of hydrogen-bond donors (Lipinski definition) is 1. The van der Waals surface area contributed by atoms with Crippen LogP contribution in [-0.4, -0.2) is 60.2 Å². The minimum atomic E-state index is -1.05. The van der Waals surface area contributed by atoms with E-state index < -0.39 is 17.8 Å². The van der Waals surface area contributed by atoms with Crippen molar-refractivity contribution in [2.24, 2.45) is 5.92 Å². The van der Waals surface area contributed by atoms with Gasteiger partial charge < -0.3 is 5.11 Å². The molecule has 4 rings (SSSR count). The topological polar surface area (TPSA) is 105 Å². The molecule has 1 aliphatic carbocycles. The predicted octanol–water partition coefficient (Wildman–Crippen LogP) is 2.96. The molecule has 174 valence electrons. The van der Waals surface area contributed by atoms with Crippen LogP contribution in [0.15, 0.2) is 36.0 Å². The van der Waals surface area contributed by atoms with Crippen LogP contribution < -0.4 is 0 Å². The predicted molar refractivity (Wildman–Crippen MR) is 121 cm³/mol. The molecule has 2 aromatic rings. The molecule has 1 aliphatic heterocycles. The van der Waals surface area contributed by atoms with E-state index in [1.54, 1.807) is 24.3 Å². The van der Waals surface area contributed by atoms with Crippen molar-refractivity contribution in [2.75, 3.05) is 13.1 Å². The highest BCUT2D eigenvalue weighted by molar-refractivity contribution is 8.14. The van der Waals surface area contributed by atoms with E-state index in [1.165, 1.54) is 35.6 Å². The van der Waals surface area contributed by atoms with Crippen molar-refractivity contribution in [3.05, 3.63) is 53.1 Å². The van der Waals surface area contributed by atoms with E-state index in [0.717, 1.165) is 18.4 Å². The molecule has 10 heteroatoms. The number of likely N-dealkylation sites (tertiary alicyclic amines) is 1. The number of nitrogens with zero attached hydrogens (tertiary/aromatic N) is 4. The number of rotatable bonds is 8. The van der Waals surface area contributed by atoms with Crippen molar-refractivity contribution in [1.82, 2.24) is 19.9 Å². The molecule has 33 heavy (non-hydrogen) atoms. The van der Waals surface area contributed by atoms with Crippen molar-refractivity contribution >= 4 is 34.7 Å². The van der Waals surface area contributed by atoms with Crippen LogP contribution in [0.25, 0.3) is 6.08 Å². The molecule has 1 N–H and O–H groups in total. The third kappa shape index (κ3) is 5.56. The van der Waals surface area contributed by atoms with Crippen LogP contribution in [0.5, 0.6) is 0 Å². The Balaban J connectivity index is 1.68. The lowest BCUT2D eigenvalue weighted by Crippen LogP contribution is -2.43. The summed E-state index contributed by atoms with van der Waals surface area (Å²) in [7, 11) is 0. The fourth-order valence-electron chi connectivity index (χ4n) is 4.21. The Bertz CT molecular complexity index is 1100. The van der Waals surface area contributed by atoms with Gasteiger partial charge in [-0.05, 0) is 37.0 Å². The van der Waals surface area contributed by atoms with Crippen LogP contribution in [0.3, 0.4) is 0 Å². The molecule has 8 nitrogen and oxygen atoms in total. The number of carboxylic acid groups (broad SMARTS) is 1. The third-order valence-corrected chi connectivity index (χ3v) is 7.02. The first-order chi connectivity index (χ1) is 15.8. The van der Waals surface area contributed by atoms with Gasteiger partial charge in [0, 0.05) is 36.7 Å². The van der Waals surface area contributed by atoms with Gasteiger partial charge >= 0.3 is 5.97 Å². The van der Waals surface area contributed by atoms with Crippen molar-refractivity contribution in [3.63, 3.8) is 0 Å². The number of aromatic nitrogens is 3. The first-order valence-corrected chi connectivity index (χ1v) is 11.7. The van der Waals surface area contributed by atoms with E-state index in [4.69, 9.17) is 5.11 Å². The first kappa shape index (κ1) is 23.3. The second-order valence-corrected chi connectivity index (χ2v) is 9.77. The smallest absolute Gasteiger partial charge is 0.325 e. The molecule has 2 heterocycles. The summed E-state index contributed by atoms with van der Waals surface area (Å²) < 4.78 is 16.0. The maximum absolute atomic E-state index is 14.7. The van der Waals surface area contributed by atoms with E-state index in [2.05, 4.69) is 10.3 Å². The first-order valence-electron chi connectivity index (χ1n) is 10.8. The number of halogens is 1. The van der Waals surface area contributed by atoms with Gasteiger partial charge in [0.1, 0.15) is 12.4 Å². The highest BCUT2D eigenvalue weighted by Crippen LogP contribution is 2.40. The summed E-state index contributed by atoms with van der Waals surface area (Å²) in [6.07, 6.45) is 5.50. The molecular formula is C23H25FN4O4S. The number of carboxylic acids is 1. The lowest BCUT2D eigenvalue weighted by Gasteiger charge is -2.38. The van der Waals surface area contributed by atoms with E-state index in [1.807, 2.05) is 4.90 Å². The van der Waals surface area contributed by atoms with Gasteiger partial charge in [-0.25, -0.2) is 9.07 Å². The number of Topliss-reactive ketones (excluding diaryl/α,β-unsaturated/α-hetero) is 1. The number of benzene rings is 1. The summed E-state index contributed by atoms with van der Waals surface area (Å²) >= 11 is 1.21. The number of ketones is 1. The normalized spacial score (nSPS) is 21.2. The second-order valence-electron chi connectivity index (χ2n) is 8.39. The standard InChI is InChI=1S/C23H25FN4O4S/c1-14(29)33-20-8-9-27(12-16(20)10-17-11-25-26-28(17)13-21(30)31)22(23(32)15-6-7-15)18-4-2-3-5-19(18)24/h2-5,10-11,15,20,22H,6-9,12-13H2,1H3,(H,30,31)/b16-10-. The monoisotopic (exact) mass is 472 g/mol. The molecule has 2 fully saturated rings. The Labute approximate surface area is 194 Å². The highest BCUT2D eigenvalue weighted by atomic mass is 32.2. The third-order valence-electron chi connectivity index (χ3n) is 5.87. The van der Waals surface area contributed by atoms with Crippen molar-refractivity contribution in [2.45, 2.75) is 44.0 Å². The summed E-state index contributed by atoms with van der Waals surface area (Å²) in [6.45, 7) is 2.04. The van der Waals surface area contributed by atoms with E-state index in [0.29, 0.717) is 30.8 Å². The molecule has 0 bridgehead atoms. The average Bonchev–Trinajstić information content (AvgIpc) is 3.53. The van der Waals surface area contributed by atoms with E-state index in [-0.39, 0.29) is 28.6 Å². The average molecular weight is 473 g/mol. The summed E-state index contributed by atoms with van der Waals surface area (Å²) in [5.41, 5.74) is 1.71. The molecule has 0 radical (unpaired) electrons. The summed E-state index contributed by atoms with van der Waals surface area (Å²) in [5.74, 6) is -1.48. The molecule has 2 atom stereocenters. The molecule has 0 amide bonds. The summed E-state index contributed by atoms with van der Waals surface area (Å²) in [5, 5.41) is 16.6. The number of thioether (sulfide) groups is 1. The molecule has 1 saturated carbocycles. The van der Waals surface area contributed by atoms with Crippen molar-refractivity contribution in [1.29, 1.82) is 0 Å². The van der Waals surface area contributed by atoms with Gasteiger partial charge in [0.05, 0.1) is 17.9 Å². The molecule has 1 aromatic carbocycles. The zero-order chi connectivity index (χ0) is 23.5. The van der Waals surface area contributed by atoms with E-state index in [9.17, 15) is 18.8 Å². The van der Waals surface area contributed by atoms with Gasteiger partial charge in [-0.3, -0.25) is 19.3 Å². The molecule has 2 unspecified atom stereocenters. The number of carbonyl (C=O) groups is 3. The van der Waals surface area contributed by atoms with Crippen LogP contribution in [0.4, 0.5) is 4.39 Å². The maximum atomic E-state index is 14.7. The van der Waals surface area contributed by atoms with E-state index >= 15 is 0 Å². The van der Waals surface area contributed by atoms with Crippen molar-refractivity contribution < 1.29 is 23.9 Å². The fourth-order valence-corrected chi connectivity index (χ4v) is 5.13. The number of carbonyl (C=O) groups excluding carboxylic acids is 2. The lowest BCUT2D eigenvalue weighted by molar-refractivity contribution is -0.138. The van der Waals surface area contributed by atoms with Gasteiger partial charge in [-0.2, -0.15) is 0 Å². The van der Waals surface area contributed by atoms with Gasteiger partial charge in [0.25, 0.3) is 0 Å². The van der Waals surface area contributed by atoms with Crippen LogP contribution in [-0.2, 0) is 20.9 Å². The Kier molecular flexibility index (Phi) is 7.04. The summed E-state index contributed by atoms with van der Waals surface area (Å²) in [4.78, 5) is 38.2. The second kappa shape index (κ2) is 9.96. The maximum Gasteiger partial charge on any atom is 0.325 e. The quantitative estimate of drug-likeness (QED) is 0.625. The van der Waals surface area contributed by atoms with Gasteiger partial charge in [0.15, 0.2) is 10.9 Å². The van der Waals surface area contributed by atoms with Gasteiger partial charge in [-0.15, -0.1) is 5.10 Å². The molecular weight excluding hydrogens is 447 g/mol. The molecule has 0 spiro atoms.